The van der Waals surface area contributed by atoms with Crippen molar-refractivity contribution in [3.05, 3.63) is 46.1 Å². The number of aromatic amines is 1. The fraction of sp³-hybridized carbons (Fsp3) is 0.400. The highest BCUT2D eigenvalue weighted by molar-refractivity contribution is 7.89. The summed E-state index contributed by atoms with van der Waals surface area (Å²) in [5.41, 5.74) is 1.72. The second kappa shape index (κ2) is 7.77. The van der Waals surface area contributed by atoms with Crippen molar-refractivity contribution in [1.82, 2.24) is 19.4 Å². The molecule has 0 spiro atoms. The zero-order chi connectivity index (χ0) is 21.6. The molecule has 0 bridgehead atoms. The standard InChI is InChI=1S/C20H24N4O4S2/c1-12-19(13(2)22-21-12)30(26,27)24-9-10-28-15(11-24)17-14-7-5-6-8-16(14)29-18(17)20(25)23(3)4/h5-8,15H,9-11H2,1-4H3,(H,21,22)/t15-/m0/s1. The van der Waals surface area contributed by atoms with E-state index in [0.717, 1.165) is 15.6 Å². The first-order valence-corrected chi connectivity index (χ1v) is 11.8. The predicted molar refractivity (Wildman–Crippen MR) is 115 cm³/mol. The summed E-state index contributed by atoms with van der Waals surface area (Å²) in [7, 11) is -0.324. The first-order chi connectivity index (χ1) is 14.2. The van der Waals surface area contributed by atoms with Crippen LogP contribution in [0.2, 0.25) is 0 Å². The second-order valence-electron chi connectivity index (χ2n) is 7.53. The number of amides is 1. The molecule has 1 saturated heterocycles. The largest absolute Gasteiger partial charge is 0.371 e. The van der Waals surface area contributed by atoms with E-state index in [1.807, 2.05) is 24.3 Å². The van der Waals surface area contributed by atoms with E-state index in [2.05, 4.69) is 10.2 Å². The van der Waals surface area contributed by atoms with Crippen LogP contribution in [-0.2, 0) is 14.8 Å². The monoisotopic (exact) mass is 448 g/mol. The zero-order valence-corrected chi connectivity index (χ0v) is 18.9. The third-order valence-electron chi connectivity index (χ3n) is 5.24. The molecular formula is C20H24N4O4S2. The number of carbonyl (C=O) groups excluding carboxylic acids is 1. The summed E-state index contributed by atoms with van der Waals surface area (Å²) in [6, 6.07) is 7.76. The van der Waals surface area contributed by atoms with Crippen LogP contribution in [0.3, 0.4) is 0 Å². The van der Waals surface area contributed by atoms with E-state index in [4.69, 9.17) is 4.74 Å². The van der Waals surface area contributed by atoms with Crippen molar-refractivity contribution in [3.63, 3.8) is 0 Å². The number of ether oxygens (including phenoxy) is 1. The Kier molecular flexibility index (Phi) is 5.43. The first-order valence-electron chi connectivity index (χ1n) is 9.58. The molecule has 0 aliphatic carbocycles. The Morgan fingerprint density at radius 1 is 1.30 bits per heavy atom. The number of rotatable bonds is 4. The molecule has 0 unspecified atom stereocenters. The fourth-order valence-electron chi connectivity index (χ4n) is 3.82. The minimum atomic E-state index is -3.74. The van der Waals surface area contributed by atoms with Gasteiger partial charge in [-0.05, 0) is 25.3 Å². The number of aryl methyl sites for hydroxylation is 2. The number of hydrogen-bond acceptors (Lipinski definition) is 6. The summed E-state index contributed by atoms with van der Waals surface area (Å²) >= 11 is 1.41. The number of H-pyrrole nitrogens is 1. The Balaban J connectivity index is 1.76. The Bertz CT molecular complexity index is 1190. The van der Waals surface area contributed by atoms with Gasteiger partial charge in [-0.25, -0.2) is 8.42 Å². The van der Waals surface area contributed by atoms with Crippen molar-refractivity contribution in [2.24, 2.45) is 0 Å². The topological polar surface area (TPSA) is 95.6 Å². The van der Waals surface area contributed by atoms with Gasteiger partial charge in [0.25, 0.3) is 5.91 Å². The molecule has 1 amide bonds. The molecule has 0 radical (unpaired) electrons. The third kappa shape index (κ3) is 3.43. The van der Waals surface area contributed by atoms with Gasteiger partial charge in [-0.15, -0.1) is 11.3 Å². The molecule has 30 heavy (non-hydrogen) atoms. The van der Waals surface area contributed by atoms with Crippen LogP contribution >= 0.6 is 11.3 Å². The van der Waals surface area contributed by atoms with Crippen molar-refractivity contribution in [2.75, 3.05) is 33.8 Å². The maximum absolute atomic E-state index is 13.3. The van der Waals surface area contributed by atoms with E-state index < -0.39 is 16.1 Å². The smallest absolute Gasteiger partial charge is 0.263 e. The van der Waals surface area contributed by atoms with Crippen molar-refractivity contribution < 1.29 is 17.9 Å². The summed E-state index contributed by atoms with van der Waals surface area (Å²) in [6.45, 7) is 4.02. The van der Waals surface area contributed by atoms with E-state index in [-0.39, 0.29) is 30.5 Å². The maximum atomic E-state index is 13.3. The number of nitrogens with one attached hydrogen (secondary N) is 1. The number of thiophene rings is 1. The van der Waals surface area contributed by atoms with Gasteiger partial charge in [0.1, 0.15) is 4.90 Å². The lowest BCUT2D eigenvalue weighted by Crippen LogP contribution is -2.42. The van der Waals surface area contributed by atoms with E-state index in [0.29, 0.717) is 16.3 Å². The highest BCUT2D eigenvalue weighted by Crippen LogP contribution is 2.39. The Hall–Kier alpha value is -2.27. The quantitative estimate of drug-likeness (QED) is 0.662. The van der Waals surface area contributed by atoms with Gasteiger partial charge in [-0.3, -0.25) is 9.89 Å². The van der Waals surface area contributed by atoms with Crippen molar-refractivity contribution in [1.29, 1.82) is 0 Å². The minimum absolute atomic E-state index is 0.115. The molecule has 1 aliphatic rings. The molecule has 1 aromatic carbocycles. The number of aromatic nitrogens is 2. The fourth-order valence-corrected chi connectivity index (χ4v) is 6.85. The van der Waals surface area contributed by atoms with E-state index in [1.54, 1.807) is 27.9 Å². The summed E-state index contributed by atoms with van der Waals surface area (Å²) in [5, 5.41) is 7.70. The minimum Gasteiger partial charge on any atom is -0.371 e. The number of hydrogen-bond donors (Lipinski definition) is 1. The molecule has 10 heteroatoms. The number of benzene rings is 1. The molecule has 160 valence electrons. The second-order valence-corrected chi connectivity index (χ2v) is 10.5. The summed E-state index contributed by atoms with van der Waals surface area (Å²) < 4.78 is 35.1. The first kappa shape index (κ1) is 21.0. The Labute approximate surface area is 179 Å². The van der Waals surface area contributed by atoms with Crippen LogP contribution in [0.15, 0.2) is 29.2 Å². The molecule has 8 nitrogen and oxygen atoms in total. The number of nitrogens with zero attached hydrogens (tertiary/aromatic N) is 3. The van der Waals surface area contributed by atoms with Gasteiger partial charge in [-0.1, -0.05) is 18.2 Å². The van der Waals surface area contributed by atoms with Crippen LogP contribution in [0.1, 0.15) is 32.7 Å². The Morgan fingerprint density at radius 2 is 2.03 bits per heavy atom. The molecule has 2 aromatic heterocycles. The molecule has 3 aromatic rings. The van der Waals surface area contributed by atoms with Gasteiger partial charge in [0.05, 0.1) is 29.0 Å². The highest BCUT2D eigenvalue weighted by Gasteiger charge is 2.37. The zero-order valence-electron chi connectivity index (χ0n) is 17.3. The summed E-state index contributed by atoms with van der Waals surface area (Å²) in [5.74, 6) is -0.115. The average molecular weight is 449 g/mol. The van der Waals surface area contributed by atoms with Crippen LogP contribution in [0.4, 0.5) is 0 Å². The maximum Gasteiger partial charge on any atom is 0.263 e. The van der Waals surface area contributed by atoms with Gasteiger partial charge in [0.15, 0.2) is 0 Å². The van der Waals surface area contributed by atoms with E-state index in [9.17, 15) is 13.2 Å². The molecule has 4 rings (SSSR count). The van der Waals surface area contributed by atoms with Gasteiger partial charge in [0, 0.05) is 37.4 Å². The van der Waals surface area contributed by atoms with Crippen LogP contribution in [0.5, 0.6) is 0 Å². The molecule has 1 aliphatic heterocycles. The molecule has 3 heterocycles. The molecule has 1 atom stereocenters. The van der Waals surface area contributed by atoms with E-state index >= 15 is 0 Å². The average Bonchev–Trinajstić information content (AvgIpc) is 3.27. The molecule has 1 N–H and O–H groups in total. The number of sulfonamides is 1. The predicted octanol–water partition coefficient (Wildman–Crippen LogP) is 2.71. The summed E-state index contributed by atoms with van der Waals surface area (Å²) in [6.07, 6.45) is -0.531. The SMILES string of the molecule is Cc1n[nH]c(C)c1S(=O)(=O)N1CCO[C@H](c2c(C(=O)N(C)C)sc3ccccc23)C1. The van der Waals surface area contributed by atoms with Gasteiger partial charge >= 0.3 is 0 Å². The van der Waals surface area contributed by atoms with Crippen LogP contribution in [-0.4, -0.2) is 67.5 Å². The van der Waals surface area contributed by atoms with Crippen molar-refractivity contribution >= 4 is 37.4 Å². The lowest BCUT2D eigenvalue weighted by molar-refractivity contribution is -0.00205. The van der Waals surface area contributed by atoms with Crippen molar-refractivity contribution in [3.8, 4) is 0 Å². The highest BCUT2D eigenvalue weighted by atomic mass is 32.2. The van der Waals surface area contributed by atoms with E-state index in [1.165, 1.54) is 20.5 Å². The lowest BCUT2D eigenvalue weighted by Gasteiger charge is -2.32. The summed E-state index contributed by atoms with van der Waals surface area (Å²) in [4.78, 5) is 15.2. The molecule has 1 fully saturated rings. The number of carbonyl (C=O) groups is 1. The van der Waals surface area contributed by atoms with Crippen LogP contribution < -0.4 is 0 Å². The van der Waals surface area contributed by atoms with Gasteiger partial charge < -0.3 is 9.64 Å². The Morgan fingerprint density at radius 3 is 2.70 bits per heavy atom. The van der Waals surface area contributed by atoms with Gasteiger partial charge in [-0.2, -0.15) is 9.40 Å². The molecule has 0 saturated carbocycles. The van der Waals surface area contributed by atoms with Crippen LogP contribution in [0.25, 0.3) is 10.1 Å². The third-order valence-corrected chi connectivity index (χ3v) is 8.55. The normalized spacial score (nSPS) is 18.1. The lowest BCUT2D eigenvalue weighted by atomic mass is 10.0. The van der Waals surface area contributed by atoms with Crippen LogP contribution in [0, 0.1) is 13.8 Å². The number of morpholine rings is 1. The van der Waals surface area contributed by atoms with Crippen molar-refractivity contribution in [2.45, 2.75) is 24.8 Å². The molecular weight excluding hydrogens is 424 g/mol. The van der Waals surface area contributed by atoms with Gasteiger partial charge in [0.2, 0.25) is 10.0 Å². The number of fused-ring (bicyclic) bond motifs is 1.